The predicted octanol–water partition coefficient (Wildman–Crippen LogP) is 4.02. The number of nitrogens with zero attached hydrogens (tertiary/aromatic N) is 2. The SMILES string of the molecule is C=C(CO[C@@H]1C=CC[C@@H](C)OC(=O)c2c(O)cc(O)cc2CC(=NOCC(=O)N2CCCCC2)/C=C/C1)OC. The summed E-state index contributed by atoms with van der Waals surface area (Å²) in [5.41, 5.74) is 0.607. The normalized spacial score (nSPS) is 22.4. The third kappa shape index (κ3) is 9.47. The number of phenolic OH excluding ortho intramolecular Hbond substituents is 2. The number of cyclic esters (lactones) is 1. The van der Waals surface area contributed by atoms with E-state index in [4.69, 9.17) is 19.0 Å². The molecule has 0 spiro atoms. The number of likely N-dealkylation sites (tertiary alicyclic amines) is 1. The molecule has 1 fully saturated rings. The van der Waals surface area contributed by atoms with Crippen molar-refractivity contribution in [2.75, 3.05) is 33.4 Å². The first-order valence-electron chi connectivity index (χ1n) is 13.2. The number of phenols is 2. The number of benzene rings is 1. The predicted molar refractivity (Wildman–Crippen MR) is 146 cm³/mol. The van der Waals surface area contributed by atoms with Gasteiger partial charge in [0.1, 0.15) is 35.5 Å². The Kier molecular flexibility index (Phi) is 11.4. The van der Waals surface area contributed by atoms with Crippen molar-refractivity contribution in [1.29, 1.82) is 0 Å². The van der Waals surface area contributed by atoms with E-state index in [9.17, 15) is 19.8 Å². The summed E-state index contributed by atoms with van der Waals surface area (Å²) >= 11 is 0. The number of carbonyl (C=O) groups is 2. The lowest BCUT2D eigenvalue weighted by Gasteiger charge is -2.26. The average molecular weight is 543 g/mol. The first kappa shape index (κ1) is 29.8. The van der Waals surface area contributed by atoms with Crippen LogP contribution >= 0.6 is 0 Å². The molecule has 1 amide bonds. The number of ether oxygens (including phenoxy) is 3. The Morgan fingerprint density at radius 3 is 2.67 bits per heavy atom. The molecule has 0 bridgehead atoms. The monoisotopic (exact) mass is 542 g/mol. The van der Waals surface area contributed by atoms with E-state index in [-0.39, 0.29) is 43.0 Å². The average Bonchev–Trinajstić information content (AvgIpc) is 2.90. The van der Waals surface area contributed by atoms with Crippen LogP contribution in [0.15, 0.2) is 53.9 Å². The van der Waals surface area contributed by atoms with E-state index in [1.807, 2.05) is 18.2 Å². The fourth-order valence-electron chi connectivity index (χ4n) is 4.28. The second-order valence-electron chi connectivity index (χ2n) is 9.58. The van der Waals surface area contributed by atoms with Crippen molar-refractivity contribution in [2.45, 2.75) is 57.7 Å². The molecule has 39 heavy (non-hydrogen) atoms. The Labute approximate surface area is 229 Å². The standard InChI is InChI=1S/C29H38N2O8/c1-20-9-7-11-25(37-18-21(2)36-3)12-8-10-23(30-38-19-27(34)31-13-5-4-6-14-31)15-22-16-24(32)17-26(33)28(22)29(35)39-20/h7-8,10-11,16-17,20,25,32-33H,2,4-6,9,12-15,18-19H2,1,3H3/b10-8+,11-7?,30-23?/t20-,25-/m1/s1. The third-order valence-corrected chi connectivity index (χ3v) is 6.39. The highest BCUT2D eigenvalue weighted by molar-refractivity contribution is 6.00. The van der Waals surface area contributed by atoms with Gasteiger partial charge >= 0.3 is 5.97 Å². The first-order chi connectivity index (χ1) is 18.8. The van der Waals surface area contributed by atoms with Crippen LogP contribution in [0.3, 0.4) is 0 Å². The largest absolute Gasteiger partial charge is 0.508 e. The van der Waals surface area contributed by atoms with Crippen LogP contribution in [-0.4, -0.2) is 78.3 Å². The Morgan fingerprint density at radius 2 is 1.92 bits per heavy atom. The molecule has 1 saturated heterocycles. The zero-order valence-corrected chi connectivity index (χ0v) is 22.6. The van der Waals surface area contributed by atoms with Gasteiger partial charge in [-0.05, 0) is 50.3 Å². The van der Waals surface area contributed by atoms with Gasteiger partial charge in [-0.3, -0.25) is 4.79 Å². The van der Waals surface area contributed by atoms with E-state index >= 15 is 0 Å². The number of allylic oxidation sites excluding steroid dienone is 1. The summed E-state index contributed by atoms with van der Waals surface area (Å²) in [5.74, 6) is -1.00. The molecule has 10 nitrogen and oxygen atoms in total. The molecule has 2 N–H and O–H groups in total. The van der Waals surface area contributed by atoms with E-state index in [0.29, 0.717) is 43.0 Å². The van der Waals surface area contributed by atoms with Gasteiger partial charge in [-0.1, -0.05) is 30.0 Å². The van der Waals surface area contributed by atoms with Gasteiger partial charge in [-0.25, -0.2) is 4.79 Å². The van der Waals surface area contributed by atoms with E-state index in [0.717, 1.165) is 25.3 Å². The highest BCUT2D eigenvalue weighted by Crippen LogP contribution is 2.29. The van der Waals surface area contributed by atoms with Crippen molar-refractivity contribution < 1.29 is 38.9 Å². The zero-order valence-electron chi connectivity index (χ0n) is 22.6. The summed E-state index contributed by atoms with van der Waals surface area (Å²) in [4.78, 5) is 32.7. The molecular formula is C29H38N2O8. The molecule has 2 aliphatic heterocycles. The van der Waals surface area contributed by atoms with Crippen LogP contribution in [0.2, 0.25) is 0 Å². The second-order valence-corrected chi connectivity index (χ2v) is 9.58. The Morgan fingerprint density at radius 1 is 1.15 bits per heavy atom. The molecule has 0 saturated carbocycles. The van der Waals surface area contributed by atoms with Crippen LogP contribution in [0, 0.1) is 0 Å². The first-order valence-corrected chi connectivity index (χ1v) is 13.2. The van der Waals surface area contributed by atoms with Crippen molar-refractivity contribution in [3.05, 3.63) is 59.9 Å². The lowest BCUT2D eigenvalue weighted by atomic mass is 9.99. The molecule has 0 aromatic heterocycles. The van der Waals surface area contributed by atoms with Gasteiger partial charge in [-0.2, -0.15) is 0 Å². The molecule has 0 aliphatic carbocycles. The van der Waals surface area contributed by atoms with Gasteiger partial charge in [-0.15, -0.1) is 0 Å². The van der Waals surface area contributed by atoms with Crippen LogP contribution in [0.4, 0.5) is 0 Å². The summed E-state index contributed by atoms with van der Waals surface area (Å²) < 4.78 is 16.5. The van der Waals surface area contributed by atoms with Crippen molar-refractivity contribution in [3.8, 4) is 11.5 Å². The van der Waals surface area contributed by atoms with Crippen molar-refractivity contribution in [1.82, 2.24) is 4.90 Å². The fourth-order valence-corrected chi connectivity index (χ4v) is 4.28. The number of hydrogen-bond acceptors (Lipinski definition) is 9. The zero-order chi connectivity index (χ0) is 28.2. The van der Waals surface area contributed by atoms with Crippen LogP contribution in [0.1, 0.15) is 54.9 Å². The Bertz CT molecular complexity index is 1100. The summed E-state index contributed by atoms with van der Waals surface area (Å²) in [6.45, 7) is 6.92. The van der Waals surface area contributed by atoms with Gasteiger partial charge in [0.15, 0.2) is 6.61 Å². The van der Waals surface area contributed by atoms with Gasteiger partial charge in [0.2, 0.25) is 0 Å². The van der Waals surface area contributed by atoms with Gasteiger partial charge < -0.3 is 34.2 Å². The van der Waals surface area contributed by atoms with Gasteiger partial charge in [0.05, 0.1) is 18.9 Å². The summed E-state index contributed by atoms with van der Waals surface area (Å²) in [6, 6.07) is 2.46. The van der Waals surface area contributed by atoms with Gasteiger partial charge in [0, 0.05) is 32.0 Å². The lowest BCUT2D eigenvalue weighted by molar-refractivity contribution is -0.137. The number of esters is 1. The second kappa shape index (κ2) is 15.0. The molecule has 3 rings (SSSR count). The molecule has 0 radical (unpaired) electrons. The molecule has 212 valence electrons. The van der Waals surface area contributed by atoms with Crippen LogP contribution in [0.5, 0.6) is 11.5 Å². The van der Waals surface area contributed by atoms with Crippen LogP contribution < -0.4 is 0 Å². The lowest BCUT2D eigenvalue weighted by Crippen LogP contribution is -2.37. The quantitative estimate of drug-likeness (QED) is 0.229. The maximum Gasteiger partial charge on any atom is 0.342 e. The highest BCUT2D eigenvalue weighted by atomic mass is 16.6. The van der Waals surface area contributed by atoms with Crippen LogP contribution in [-0.2, 0) is 30.3 Å². The van der Waals surface area contributed by atoms with Crippen molar-refractivity contribution in [3.63, 3.8) is 0 Å². The Hall–Kier alpha value is -3.79. The number of hydrogen-bond donors (Lipinski definition) is 2. The number of aromatic hydroxyl groups is 2. The maximum atomic E-state index is 13.0. The van der Waals surface area contributed by atoms with Crippen molar-refractivity contribution in [2.24, 2.45) is 5.16 Å². The number of oxime groups is 1. The molecule has 2 heterocycles. The van der Waals surface area contributed by atoms with E-state index in [1.165, 1.54) is 13.2 Å². The molecule has 2 aliphatic rings. The van der Waals surface area contributed by atoms with Gasteiger partial charge in [0.25, 0.3) is 5.91 Å². The summed E-state index contributed by atoms with van der Waals surface area (Å²) in [7, 11) is 1.52. The maximum absolute atomic E-state index is 13.0. The summed E-state index contributed by atoms with van der Waals surface area (Å²) in [6.07, 6.45) is 10.5. The minimum absolute atomic E-state index is 0.0248. The topological polar surface area (TPSA) is 127 Å². The number of methoxy groups -OCH3 is 1. The molecular weight excluding hydrogens is 504 g/mol. The van der Waals surface area contributed by atoms with Crippen molar-refractivity contribution >= 4 is 17.6 Å². The molecule has 0 unspecified atom stereocenters. The number of amides is 1. The molecule has 10 heteroatoms. The Balaban J connectivity index is 1.87. The number of fused-ring (bicyclic) bond motifs is 1. The van der Waals surface area contributed by atoms with Crippen LogP contribution in [0.25, 0.3) is 0 Å². The number of carbonyl (C=O) groups excluding carboxylic acids is 2. The minimum Gasteiger partial charge on any atom is -0.508 e. The smallest absolute Gasteiger partial charge is 0.342 e. The number of rotatable bonds is 7. The van der Waals surface area contributed by atoms with E-state index in [1.54, 1.807) is 17.9 Å². The molecule has 1 aromatic rings. The third-order valence-electron chi connectivity index (χ3n) is 6.39. The van der Waals surface area contributed by atoms with E-state index < -0.39 is 17.8 Å². The molecule has 2 atom stereocenters. The molecule has 1 aromatic carbocycles. The summed E-state index contributed by atoms with van der Waals surface area (Å²) in [5, 5.41) is 24.8. The fraction of sp³-hybridized carbons (Fsp3) is 0.483. The van der Waals surface area contributed by atoms with E-state index in [2.05, 4.69) is 11.7 Å². The number of piperidine rings is 1. The highest BCUT2D eigenvalue weighted by Gasteiger charge is 2.23. The minimum atomic E-state index is -0.728.